The van der Waals surface area contributed by atoms with E-state index in [0.29, 0.717) is 23.3 Å². The Morgan fingerprint density at radius 1 is 0.968 bits per heavy atom. The molecular weight excluding hydrogens is 397 g/mol. The van der Waals surface area contributed by atoms with Crippen molar-refractivity contribution in [2.24, 2.45) is 17.8 Å². The molecule has 4 saturated carbocycles. The second kappa shape index (κ2) is 6.85. The molecule has 0 radical (unpaired) electrons. The van der Waals surface area contributed by atoms with Gasteiger partial charge in [0.1, 0.15) is 11.6 Å². The number of halogens is 1. The van der Waals surface area contributed by atoms with Gasteiger partial charge in [0.25, 0.3) is 0 Å². The maximum atomic E-state index is 14.8. The van der Waals surface area contributed by atoms with Crippen LogP contribution in [0.25, 0.3) is 0 Å². The highest BCUT2D eigenvalue weighted by Crippen LogP contribution is 2.60. The predicted molar refractivity (Wildman–Crippen MR) is 113 cm³/mol. The van der Waals surface area contributed by atoms with E-state index >= 15 is 0 Å². The molecule has 5 aliphatic carbocycles. The van der Waals surface area contributed by atoms with E-state index in [-0.39, 0.29) is 17.1 Å². The van der Waals surface area contributed by atoms with E-state index in [1.807, 2.05) is 6.07 Å². The van der Waals surface area contributed by atoms with E-state index in [0.717, 1.165) is 30.7 Å². The predicted octanol–water partition coefficient (Wildman–Crippen LogP) is 4.42. The zero-order valence-corrected chi connectivity index (χ0v) is 17.2. The number of rotatable bonds is 2. The van der Waals surface area contributed by atoms with Crippen LogP contribution in [0.4, 0.5) is 4.39 Å². The van der Waals surface area contributed by atoms with Crippen LogP contribution in [0.15, 0.2) is 60.0 Å². The van der Waals surface area contributed by atoms with Crippen molar-refractivity contribution < 1.29 is 14.1 Å². The molecule has 7 heteroatoms. The molecule has 162 valence electrons. The minimum Gasteiger partial charge on any atom is -0.612 e. The van der Waals surface area contributed by atoms with Gasteiger partial charge >= 0.3 is 0 Å². The highest BCUT2D eigenvalue weighted by atomic mass is 19.1. The monoisotopic (exact) mass is 422 g/mol. The van der Waals surface area contributed by atoms with Crippen molar-refractivity contribution in [2.75, 3.05) is 0 Å². The van der Waals surface area contributed by atoms with Crippen molar-refractivity contribution in [3.8, 4) is 0 Å². The van der Waals surface area contributed by atoms with E-state index in [1.54, 1.807) is 24.3 Å². The number of nitrogens with zero attached hydrogens (tertiary/aromatic N) is 2. The van der Waals surface area contributed by atoms with Gasteiger partial charge in [-0.1, -0.05) is 18.2 Å². The fourth-order valence-electron chi connectivity index (χ4n) is 6.99. The molecule has 1 unspecified atom stereocenters. The Labute approximate surface area is 180 Å². The summed E-state index contributed by atoms with van der Waals surface area (Å²) in [6.07, 6.45) is 13.1. The molecule has 1 saturated heterocycles. The quantitative estimate of drug-likeness (QED) is 0.564. The maximum Gasteiger partial charge on any atom is 0.222 e. The maximum absolute atomic E-state index is 14.8. The molecule has 6 aliphatic rings. The van der Waals surface area contributed by atoms with Crippen molar-refractivity contribution in [2.45, 2.75) is 50.3 Å². The zero-order chi connectivity index (χ0) is 21.2. The molecule has 31 heavy (non-hydrogen) atoms. The van der Waals surface area contributed by atoms with Crippen LogP contribution in [-0.2, 0) is 4.84 Å². The lowest BCUT2D eigenvalue weighted by Crippen LogP contribution is -2.59. The van der Waals surface area contributed by atoms with Gasteiger partial charge in [0.15, 0.2) is 6.23 Å². The van der Waals surface area contributed by atoms with Crippen LogP contribution in [0.1, 0.15) is 50.3 Å². The van der Waals surface area contributed by atoms with Gasteiger partial charge in [0, 0.05) is 28.8 Å². The highest BCUT2D eigenvalue weighted by Gasteiger charge is 2.57. The summed E-state index contributed by atoms with van der Waals surface area (Å²) in [5.41, 5.74) is 4.38. The van der Waals surface area contributed by atoms with Crippen molar-refractivity contribution in [1.29, 1.82) is 0 Å². The van der Waals surface area contributed by atoms with Gasteiger partial charge in [-0.25, -0.2) is 14.7 Å². The lowest BCUT2D eigenvalue weighted by molar-refractivity contribution is -0.377. The largest absolute Gasteiger partial charge is 0.612 e. The molecule has 0 amide bonds. The summed E-state index contributed by atoms with van der Waals surface area (Å²) in [4.78, 5) is 7.91. The zero-order valence-electron chi connectivity index (χ0n) is 17.2. The third-order valence-electron chi connectivity index (χ3n) is 7.78. The van der Waals surface area contributed by atoms with Crippen molar-refractivity contribution in [3.63, 3.8) is 0 Å². The van der Waals surface area contributed by atoms with Gasteiger partial charge in [-0.2, -0.15) is 4.90 Å². The van der Waals surface area contributed by atoms with E-state index in [4.69, 9.17) is 4.84 Å². The first-order chi connectivity index (χ1) is 15.0. The number of hydroxylamine groups is 1. The molecule has 1 aromatic carbocycles. The summed E-state index contributed by atoms with van der Waals surface area (Å²) in [5, 5.41) is 22.2. The Morgan fingerprint density at radius 3 is 2.16 bits per heavy atom. The SMILES string of the molecule is [O-][N+]([O-])=C1C=CC(=C2NOC(c3ccccc3F)N2C23CC4CC(CC(C4)C2)C3)C=C1. The Balaban J connectivity index is 1.47. The molecule has 1 heterocycles. The topological polar surface area (TPSA) is 73.6 Å². The minimum absolute atomic E-state index is 0.0512. The van der Waals surface area contributed by atoms with Gasteiger partial charge in [-0.05, 0) is 74.5 Å². The molecule has 6 nitrogen and oxygen atoms in total. The third kappa shape index (κ3) is 2.97. The fraction of sp³-hybridized carbons (Fsp3) is 0.458. The molecule has 1 N–H and O–H groups in total. The number of nitrogens with one attached hydrogen (secondary N) is 1. The number of allylic oxidation sites excluding steroid dienone is 5. The van der Waals surface area contributed by atoms with Gasteiger partial charge in [0.2, 0.25) is 5.71 Å². The molecular formula is C24H25FN3O3-. The van der Waals surface area contributed by atoms with Gasteiger partial charge < -0.3 is 15.3 Å². The van der Waals surface area contributed by atoms with Crippen molar-refractivity contribution in [1.82, 2.24) is 10.4 Å². The minimum atomic E-state index is -0.567. The molecule has 1 atom stereocenters. The second-order valence-corrected chi connectivity index (χ2v) is 9.76. The summed E-state index contributed by atoms with van der Waals surface area (Å²) in [6, 6.07) is 6.79. The molecule has 1 aliphatic heterocycles. The van der Waals surface area contributed by atoms with Crippen LogP contribution in [-0.4, -0.2) is 21.1 Å². The number of benzene rings is 1. The summed E-state index contributed by atoms with van der Waals surface area (Å²) < 4.78 is 14.8. The Kier molecular flexibility index (Phi) is 4.18. The van der Waals surface area contributed by atoms with E-state index in [2.05, 4.69) is 10.4 Å². The number of hydrogen-bond donors (Lipinski definition) is 1. The Bertz CT molecular complexity index is 987. The Hall–Kier alpha value is -2.80. The van der Waals surface area contributed by atoms with E-state index in [9.17, 15) is 14.8 Å². The van der Waals surface area contributed by atoms with Gasteiger partial charge in [-0.3, -0.25) is 0 Å². The summed E-state index contributed by atoms with van der Waals surface area (Å²) in [7, 11) is 0. The average Bonchev–Trinajstić information content (AvgIpc) is 3.19. The highest BCUT2D eigenvalue weighted by molar-refractivity contribution is 6.02. The standard InChI is InChI=1S/C24H25FN3O3/c25-21-4-2-1-3-20(21)23-27(24-12-15-9-16(13-24)11-17(10-15)14-24)22(26-31-23)18-5-7-19(8-6-18)28(29)30/h1-8,15-17,23,26H,9-14H2/q-1. The molecule has 0 spiro atoms. The van der Waals surface area contributed by atoms with E-state index < -0.39 is 11.1 Å². The van der Waals surface area contributed by atoms with Gasteiger partial charge in [-0.15, -0.1) is 0 Å². The van der Waals surface area contributed by atoms with E-state index in [1.165, 1.54) is 37.5 Å². The first-order valence-corrected chi connectivity index (χ1v) is 11.1. The van der Waals surface area contributed by atoms with Crippen LogP contribution >= 0.6 is 0 Å². The van der Waals surface area contributed by atoms with Crippen LogP contribution in [0.5, 0.6) is 0 Å². The van der Waals surface area contributed by atoms with Crippen molar-refractivity contribution in [3.05, 3.63) is 81.8 Å². The normalized spacial score (nSPS) is 35.8. The molecule has 5 fully saturated rings. The average molecular weight is 422 g/mol. The fourth-order valence-corrected chi connectivity index (χ4v) is 6.99. The first-order valence-electron chi connectivity index (χ1n) is 11.1. The lowest BCUT2D eigenvalue weighted by Gasteiger charge is -2.60. The second-order valence-electron chi connectivity index (χ2n) is 9.76. The molecule has 7 rings (SSSR count). The van der Waals surface area contributed by atoms with Crippen LogP contribution in [0.2, 0.25) is 0 Å². The molecule has 4 bridgehead atoms. The first kappa shape index (κ1) is 18.9. The molecule has 0 aromatic heterocycles. The summed E-state index contributed by atoms with van der Waals surface area (Å²) >= 11 is 0. The summed E-state index contributed by atoms with van der Waals surface area (Å²) in [5.74, 6) is 2.64. The molecule has 1 aromatic rings. The number of hydrogen-bond acceptors (Lipinski definition) is 5. The van der Waals surface area contributed by atoms with Crippen LogP contribution < -0.4 is 5.48 Å². The Morgan fingerprint density at radius 2 is 1.58 bits per heavy atom. The van der Waals surface area contributed by atoms with Crippen molar-refractivity contribution >= 4 is 5.71 Å². The lowest BCUT2D eigenvalue weighted by atomic mass is 9.52. The van der Waals surface area contributed by atoms with Gasteiger partial charge in [0.05, 0.1) is 0 Å². The van der Waals surface area contributed by atoms with Crippen LogP contribution in [0, 0.1) is 34.0 Å². The smallest absolute Gasteiger partial charge is 0.222 e. The third-order valence-corrected chi connectivity index (χ3v) is 7.78. The van der Waals surface area contributed by atoms with Crippen LogP contribution in [0.3, 0.4) is 0 Å². The summed E-state index contributed by atoms with van der Waals surface area (Å²) in [6.45, 7) is 0.